The van der Waals surface area contributed by atoms with E-state index in [0.29, 0.717) is 0 Å². The molecular formula is C18H23N3O. The third-order valence-electron chi connectivity index (χ3n) is 4.46. The molecule has 0 amide bonds. The highest BCUT2D eigenvalue weighted by Crippen LogP contribution is 2.25. The molecule has 1 aromatic heterocycles. The molecule has 22 heavy (non-hydrogen) atoms. The summed E-state index contributed by atoms with van der Waals surface area (Å²) in [4.78, 5) is 11.4. The maximum absolute atomic E-state index is 11.4. The average Bonchev–Trinajstić information content (AvgIpc) is 2.49. The fourth-order valence-corrected chi connectivity index (χ4v) is 2.73. The Morgan fingerprint density at radius 2 is 1.95 bits per heavy atom. The summed E-state index contributed by atoms with van der Waals surface area (Å²) in [7, 11) is 1.67. The Kier molecular flexibility index (Phi) is 4.68. The Balaban J connectivity index is 1.55. The molecule has 2 aromatic rings. The van der Waals surface area contributed by atoms with Gasteiger partial charge in [-0.2, -0.15) is 5.10 Å². The molecule has 0 atom stereocenters. The predicted molar refractivity (Wildman–Crippen MR) is 88.8 cm³/mol. The SMILES string of the molecule is Cn1nc(-c2ccc(CCNCC3CCC3)cc2)ccc1=O. The van der Waals surface area contributed by atoms with Crippen molar-refractivity contribution in [1.29, 1.82) is 0 Å². The third kappa shape index (κ3) is 3.63. The van der Waals surface area contributed by atoms with Gasteiger partial charge in [-0.25, -0.2) is 4.68 Å². The smallest absolute Gasteiger partial charge is 0.266 e. The molecule has 0 bridgehead atoms. The Morgan fingerprint density at radius 1 is 1.18 bits per heavy atom. The van der Waals surface area contributed by atoms with Crippen LogP contribution >= 0.6 is 0 Å². The number of rotatable bonds is 6. The molecule has 0 unspecified atom stereocenters. The summed E-state index contributed by atoms with van der Waals surface area (Å²) in [5.41, 5.74) is 3.12. The van der Waals surface area contributed by atoms with Crippen LogP contribution in [0.15, 0.2) is 41.2 Å². The Hall–Kier alpha value is -1.94. The zero-order chi connectivity index (χ0) is 15.4. The van der Waals surface area contributed by atoms with Crippen LogP contribution in [0.25, 0.3) is 11.3 Å². The zero-order valence-corrected chi connectivity index (χ0v) is 13.1. The second-order valence-corrected chi connectivity index (χ2v) is 6.13. The minimum atomic E-state index is -0.0853. The van der Waals surface area contributed by atoms with E-state index in [0.717, 1.165) is 30.1 Å². The van der Waals surface area contributed by atoms with Gasteiger partial charge in [0.2, 0.25) is 0 Å². The van der Waals surface area contributed by atoms with Crippen molar-refractivity contribution in [2.24, 2.45) is 13.0 Å². The first-order chi connectivity index (χ1) is 10.7. The molecule has 0 aliphatic heterocycles. The summed E-state index contributed by atoms with van der Waals surface area (Å²) in [6.45, 7) is 2.20. The van der Waals surface area contributed by atoms with Gasteiger partial charge in [0.15, 0.2) is 0 Å². The third-order valence-corrected chi connectivity index (χ3v) is 4.46. The lowest BCUT2D eigenvalue weighted by molar-refractivity contribution is 0.303. The molecule has 0 spiro atoms. The number of benzene rings is 1. The molecule has 4 heteroatoms. The van der Waals surface area contributed by atoms with Crippen molar-refractivity contribution in [3.63, 3.8) is 0 Å². The first-order valence-electron chi connectivity index (χ1n) is 8.07. The van der Waals surface area contributed by atoms with Crippen molar-refractivity contribution in [3.05, 3.63) is 52.3 Å². The van der Waals surface area contributed by atoms with Crippen LogP contribution in [0.1, 0.15) is 24.8 Å². The van der Waals surface area contributed by atoms with Crippen LogP contribution in [-0.4, -0.2) is 22.9 Å². The van der Waals surface area contributed by atoms with E-state index in [9.17, 15) is 4.79 Å². The fraction of sp³-hybridized carbons (Fsp3) is 0.444. The van der Waals surface area contributed by atoms with Crippen molar-refractivity contribution >= 4 is 0 Å². The van der Waals surface area contributed by atoms with E-state index in [-0.39, 0.29) is 5.56 Å². The van der Waals surface area contributed by atoms with Crippen LogP contribution in [0.4, 0.5) is 0 Å². The lowest BCUT2D eigenvalue weighted by atomic mass is 9.85. The molecule has 1 heterocycles. The topological polar surface area (TPSA) is 46.9 Å². The van der Waals surface area contributed by atoms with Crippen LogP contribution < -0.4 is 10.9 Å². The van der Waals surface area contributed by atoms with Gasteiger partial charge in [-0.1, -0.05) is 30.7 Å². The number of hydrogen-bond donors (Lipinski definition) is 1. The van der Waals surface area contributed by atoms with Crippen molar-refractivity contribution in [1.82, 2.24) is 15.1 Å². The predicted octanol–water partition coefficient (Wildman–Crippen LogP) is 2.38. The van der Waals surface area contributed by atoms with Gasteiger partial charge in [-0.05, 0) is 49.9 Å². The summed E-state index contributed by atoms with van der Waals surface area (Å²) >= 11 is 0. The number of aryl methyl sites for hydroxylation is 1. The Bertz CT molecular complexity index is 671. The van der Waals surface area contributed by atoms with Crippen molar-refractivity contribution < 1.29 is 0 Å². The Labute approximate surface area is 131 Å². The number of nitrogens with one attached hydrogen (secondary N) is 1. The quantitative estimate of drug-likeness (QED) is 0.833. The zero-order valence-electron chi connectivity index (χ0n) is 13.1. The highest BCUT2D eigenvalue weighted by atomic mass is 16.1. The maximum atomic E-state index is 11.4. The lowest BCUT2D eigenvalue weighted by Gasteiger charge is -2.25. The van der Waals surface area contributed by atoms with E-state index in [1.54, 1.807) is 19.2 Å². The number of aromatic nitrogens is 2. The fourth-order valence-electron chi connectivity index (χ4n) is 2.73. The van der Waals surface area contributed by atoms with Crippen molar-refractivity contribution in [3.8, 4) is 11.3 Å². The van der Waals surface area contributed by atoms with E-state index in [1.165, 1.54) is 36.1 Å². The summed E-state index contributed by atoms with van der Waals surface area (Å²) in [6.07, 6.45) is 5.25. The molecular weight excluding hydrogens is 274 g/mol. The van der Waals surface area contributed by atoms with E-state index in [2.05, 4.69) is 34.7 Å². The maximum Gasteiger partial charge on any atom is 0.266 e. The van der Waals surface area contributed by atoms with E-state index in [1.807, 2.05) is 0 Å². The van der Waals surface area contributed by atoms with Gasteiger partial charge in [0.05, 0.1) is 5.69 Å². The standard InChI is InChI=1S/C18H23N3O/c1-21-18(22)10-9-17(20-21)16-7-5-14(6-8-16)11-12-19-13-15-3-2-4-15/h5-10,15,19H,2-4,11-13H2,1H3. The highest BCUT2D eigenvalue weighted by molar-refractivity contribution is 5.58. The first-order valence-corrected chi connectivity index (χ1v) is 8.07. The van der Waals surface area contributed by atoms with Crippen molar-refractivity contribution in [2.45, 2.75) is 25.7 Å². The molecule has 4 nitrogen and oxygen atoms in total. The van der Waals surface area contributed by atoms with Crippen LogP contribution in [0.3, 0.4) is 0 Å². The molecule has 1 saturated carbocycles. The van der Waals surface area contributed by atoms with Gasteiger partial charge in [-0.15, -0.1) is 0 Å². The summed E-state index contributed by atoms with van der Waals surface area (Å²) in [5, 5.41) is 7.82. The molecule has 1 fully saturated rings. The summed E-state index contributed by atoms with van der Waals surface area (Å²) < 4.78 is 1.37. The minimum Gasteiger partial charge on any atom is -0.316 e. The highest BCUT2D eigenvalue weighted by Gasteiger charge is 2.15. The first kappa shape index (κ1) is 15.0. The van der Waals surface area contributed by atoms with Gasteiger partial charge >= 0.3 is 0 Å². The van der Waals surface area contributed by atoms with E-state index >= 15 is 0 Å². The second kappa shape index (κ2) is 6.88. The summed E-state index contributed by atoms with van der Waals surface area (Å²) in [6, 6.07) is 11.8. The molecule has 0 saturated heterocycles. The minimum absolute atomic E-state index is 0.0853. The molecule has 1 aliphatic rings. The molecule has 0 radical (unpaired) electrons. The largest absolute Gasteiger partial charge is 0.316 e. The molecule has 116 valence electrons. The lowest BCUT2D eigenvalue weighted by Crippen LogP contribution is -2.28. The van der Waals surface area contributed by atoms with Crippen LogP contribution in [0, 0.1) is 5.92 Å². The summed E-state index contributed by atoms with van der Waals surface area (Å²) in [5.74, 6) is 0.915. The number of hydrogen-bond acceptors (Lipinski definition) is 3. The monoisotopic (exact) mass is 297 g/mol. The second-order valence-electron chi connectivity index (χ2n) is 6.13. The Morgan fingerprint density at radius 3 is 2.59 bits per heavy atom. The molecule has 1 aliphatic carbocycles. The van der Waals surface area contributed by atoms with Crippen molar-refractivity contribution in [2.75, 3.05) is 13.1 Å². The molecule has 3 rings (SSSR count). The van der Waals surface area contributed by atoms with Gasteiger partial charge < -0.3 is 5.32 Å². The van der Waals surface area contributed by atoms with Crippen LogP contribution in [0.2, 0.25) is 0 Å². The molecule has 1 N–H and O–H groups in total. The molecule has 1 aromatic carbocycles. The normalized spacial score (nSPS) is 14.8. The number of nitrogens with zero attached hydrogens (tertiary/aromatic N) is 2. The van der Waals surface area contributed by atoms with E-state index in [4.69, 9.17) is 0 Å². The average molecular weight is 297 g/mol. The van der Waals surface area contributed by atoms with Gasteiger partial charge in [0.25, 0.3) is 5.56 Å². The van der Waals surface area contributed by atoms with E-state index < -0.39 is 0 Å². The van der Waals surface area contributed by atoms with Crippen LogP contribution in [0.5, 0.6) is 0 Å². The van der Waals surface area contributed by atoms with Gasteiger partial charge in [0.1, 0.15) is 0 Å². The van der Waals surface area contributed by atoms with Crippen LogP contribution in [-0.2, 0) is 13.5 Å². The van der Waals surface area contributed by atoms with Gasteiger partial charge in [0, 0.05) is 18.7 Å². The van der Waals surface area contributed by atoms with Gasteiger partial charge in [-0.3, -0.25) is 4.79 Å².